The summed E-state index contributed by atoms with van der Waals surface area (Å²) in [7, 11) is 1.61. The zero-order chi connectivity index (χ0) is 16.1. The van der Waals surface area contributed by atoms with Crippen LogP contribution >= 0.6 is 0 Å². The van der Waals surface area contributed by atoms with E-state index < -0.39 is 16.5 Å². The van der Waals surface area contributed by atoms with Gasteiger partial charge in [-0.25, -0.2) is 0 Å². The van der Waals surface area contributed by atoms with E-state index in [0.29, 0.717) is 33.7 Å². The van der Waals surface area contributed by atoms with Crippen molar-refractivity contribution in [2.45, 2.75) is 19.4 Å². The van der Waals surface area contributed by atoms with Crippen LogP contribution in [0.25, 0.3) is 5.57 Å². The van der Waals surface area contributed by atoms with Crippen LogP contribution in [0.2, 0.25) is 0 Å². The Bertz CT molecular complexity index is 922. The first-order chi connectivity index (χ1) is 10.4. The second-order valence-electron chi connectivity index (χ2n) is 5.74. The molecule has 0 atom stereocenters. The number of hydrogen-bond acceptors (Lipinski definition) is 5. The number of rotatable bonds is 2. The quantitative estimate of drug-likeness (QED) is 0.854. The Hall–Kier alpha value is -2.87. The minimum Gasteiger partial charge on any atom is -0.483 e. The van der Waals surface area contributed by atoms with Gasteiger partial charge >= 0.3 is 0 Å². The topological polar surface area (TPSA) is 79.2 Å². The Morgan fingerprint density at radius 1 is 1.23 bits per heavy atom. The van der Waals surface area contributed by atoms with E-state index in [9.17, 15) is 9.59 Å². The first-order valence-corrected chi connectivity index (χ1v) is 6.86. The highest BCUT2D eigenvalue weighted by molar-refractivity contribution is 5.91. The van der Waals surface area contributed by atoms with Crippen molar-refractivity contribution in [2.24, 2.45) is 0 Å². The van der Waals surface area contributed by atoms with Crippen LogP contribution in [0.1, 0.15) is 30.5 Å². The SMILES string of the molecule is CNc1c(C2=CC(C)(C)Oc3ccc(C#N)cc32)c(=O)c1=O. The molecular weight excluding hydrogens is 280 g/mol. The molecule has 1 N–H and O–H groups in total. The number of benzene rings is 1. The molecule has 2 aromatic carbocycles. The van der Waals surface area contributed by atoms with Gasteiger partial charge in [0, 0.05) is 12.6 Å². The number of ether oxygens (including phenoxy) is 1. The summed E-state index contributed by atoms with van der Waals surface area (Å²) in [5, 5.41) is 11.9. The third-order valence-corrected chi connectivity index (χ3v) is 3.69. The molecular formula is C17H14N2O3. The van der Waals surface area contributed by atoms with Gasteiger partial charge < -0.3 is 10.1 Å². The van der Waals surface area contributed by atoms with E-state index in [1.807, 2.05) is 19.9 Å². The second-order valence-corrected chi connectivity index (χ2v) is 5.74. The fraction of sp³-hybridized carbons (Fsp3) is 0.235. The van der Waals surface area contributed by atoms with Crippen LogP contribution in [-0.4, -0.2) is 12.6 Å². The first-order valence-electron chi connectivity index (χ1n) is 6.86. The molecule has 3 rings (SSSR count). The van der Waals surface area contributed by atoms with Gasteiger partial charge in [-0.15, -0.1) is 0 Å². The number of fused-ring (bicyclic) bond motifs is 1. The fourth-order valence-electron chi connectivity index (χ4n) is 2.73. The van der Waals surface area contributed by atoms with Gasteiger partial charge in [0.05, 0.1) is 22.9 Å². The maximum Gasteiger partial charge on any atom is 0.250 e. The Labute approximate surface area is 127 Å². The van der Waals surface area contributed by atoms with Crippen molar-refractivity contribution in [1.82, 2.24) is 0 Å². The smallest absolute Gasteiger partial charge is 0.250 e. The van der Waals surface area contributed by atoms with Gasteiger partial charge in [0.25, 0.3) is 0 Å². The van der Waals surface area contributed by atoms with Gasteiger partial charge in [-0.1, -0.05) is 0 Å². The number of hydrogen-bond donors (Lipinski definition) is 1. The summed E-state index contributed by atoms with van der Waals surface area (Å²) in [5.41, 5.74) is 0.795. The molecule has 0 saturated carbocycles. The molecule has 0 aromatic heterocycles. The van der Waals surface area contributed by atoms with Gasteiger partial charge in [0.2, 0.25) is 10.9 Å². The maximum absolute atomic E-state index is 12.0. The average Bonchev–Trinajstić information content (AvgIpc) is 2.49. The van der Waals surface area contributed by atoms with Crippen molar-refractivity contribution in [3.63, 3.8) is 0 Å². The van der Waals surface area contributed by atoms with Crippen molar-refractivity contribution in [3.05, 3.63) is 61.4 Å². The average molecular weight is 294 g/mol. The molecule has 110 valence electrons. The predicted molar refractivity (Wildman–Crippen MR) is 83.8 cm³/mol. The lowest BCUT2D eigenvalue weighted by Crippen LogP contribution is -2.39. The monoisotopic (exact) mass is 294 g/mol. The lowest BCUT2D eigenvalue weighted by molar-refractivity contribution is 0.158. The molecule has 0 aliphatic carbocycles. The Morgan fingerprint density at radius 3 is 2.59 bits per heavy atom. The molecule has 0 unspecified atom stereocenters. The molecule has 5 heteroatoms. The van der Waals surface area contributed by atoms with Gasteiger partial charge in [0.15, 0.2) is 0 Å². The molecule has 2 aromatic rings. The maximum atomic E-state index is 12.0. The highest BCUT2D eigenvalue weighted by Crippen LogP contribution is 2.40. The molecule has 0 bridgehead atoms. The largest absolute Gasteiger partial charge is 0.483 e. The summed E-state index contributed by atoms with van der Waals surface area (Å²) in [6.45, 7) is 3.75. The normalized spacial score (nSPS) is 15.5. The molecule has 5 nitrogen and oxygen atoms in total. The molecule has 0 fully saturated rings. The van der Waals surface area contributed by atoms with E-state index in [1.54, 1.807) is 25.2 Å². The highest BCUT2D eigenvalue weighted by Gasteiger charge is 2.32. The van der Waals surface area contributed by atoms with E-state index in [-0.39, 0.29) is 0 Å². The van der Waals surface area contributed by atoms with Gasteiger partial charge in [-0.05, 0) is 43.7 Å². The molecule has 0 radical (unpaired) electrons. The number of nitrogens with one attached hydrogen (secondary N) is 1. The summed E-state index contributed by atoms with van der Waals surface area (Å²) in [5.74, 6) is 0.594. The van der Waals surface area contributed by atoms with Gasteiger partial charge in [0.1, 0.15) is 11.4 Å². The van der Waals surface area contributed by atoms with E-state index in [4.69, 9.17) is 10.00 Å². The lowest BCUT2D eigenvalue weighted by Gasteiger charge is -2.32. The van der Waals surface area contributed by atoms with Crippen LogP contribution in [0.4, 0.5) is 5.69 Å². The van der Waals surface area contributed by atoms with Crippen molar-refractivity contribution in [3.8, 4) is 11.8 Å². The summed E-state index contributed by atoms with van der Waals surface area (Å²) in [6.07, 6.45) is 1.81. The molecule has 22 heavy (non-hydrogen) atoms. The molecule has 1 aliphatic heterocycles. The van der Waals surface area contributed by atoms with Crippen LogP contribution in [0.3, 0.4) is 0 Å². The van der Waals surface area contributed by atoms with Crippen molar-refractivity contribution in [1.29, 1.82) is 5.26 Å². The van der Waals surface area contributed by atoms with Crippen molar-refractivity contribution in [2.75, 3.05) is 12.4 Å². The predicted octanol–water partition coefficient (Wildman–Crippen LogP) is 1.80. The summed E-state index contributed by atoms with van der Waals surface area (Å²) in [6, 6.07) is 7.13. The van der Waals surface area contributed by atoms with Crippen LogP contribution in [0, 0.1) is 11.3 Å². The minimum absolute atomic E-state index is 0.308. The summed E-state index contributed by atoms with van der Waals surface area (Å²) in [4.78, 5) is 23.7. The van der Waals surface area contributed by atoms with Gasteiger partial charge in [-0.2, -0.15) is 5.26 Å². The van der Waals surface area contributed by atoms with E-state index in [2.05, 4.69) is 11.4 Å². The zero-order valence-corrected chi connectivity index (χ0v) is 12.5. The second kappa shape index (κ2) is 4.57. The molecule has 0 amide bonds. The summed E-state index contributed by atoms with van der Waals surface area (Å²) < 4.78 is 5.87. The van der Waals surface area contributed by atoms with E-state index >= 15 is 0 Å². The van der Waals surface area contributed by atoms with Crippen LogP contribution in [-0.2, 0) is 0 Å². The molecule has 0 saturated heterocycles. The summed E-state index contributed by atoms with van der Waals surface area (Å²) >= 11 is 0. The number of anilines is 1. The molecule has 1 heterocycles. The van der Waals surface area contributed by atoms with Gasteiger partial charge in [-0.3, -0.25) is 9.59 Å². The van der Waals surface area contributed by atoms with Crippen LogP contribution in [0.15, 0.2) is 33.9 Å². The number of nitriles is 1. The van der Waals surface area contributed by atoms with Crippen LogP contribution < -0.4 is 20.9 Å². The third kappa shape index (κ3) is 1.92. The van der Waals surface area contributed by atoms with E-state index in [1.165, 1.54) is 0 Å². The third-order valence-electron chi connectivity index (χ3n) is 3.69. The van der Waals surface area contributed by atoms with Crippen molar-refractivity contribution < 1.29 is 4.74 Å². The Morgan fingerprint density at radius 2 is 1.95 bits per heavy atom. The van der Waals surface area contributed by atoms with Crippen molar-refractivity contribution >= 4 is 11.3 Å². The highest BCUT2D eigenvalue weighted by atomic mass is 16.5. The van der Waals surface area contributed by atoms with Crippen LogP contribution in [0.5, 0.6) is 5.75 Å². The fourth-order valence-corrected chi connectivity index (χ4v) is 2.73. The Kier molecular flexibility index (Phi) is 2.92. The first kappa shape index (κ1) is 14.1. The number of nitrogens with zero attached hydrogens (tertiary/aromatic N) is 1. The standard InChI is InChI=1S/C17H14N2O3/c1-17(2)7-11(13-14(19-3)16(21)15(13)20)10-6-9(8-18)4-5-12(10)22-17/h4-7,19H,1-3H3. The van der Waals surface area contributed by atoms with E-state index in [0.717, 1.165) is 0 Å². The zero-order valence-electron chi connectivity index (χ0n) is 12.5. The minimum atomic E-state index is -0.610. The molecule has 0 spiro atoms. The lowest BCUT2D eigenvalue weighted by atomic mass is 9.86. The Balaban J connectivity index is 2.29. The molecule has 1 aliphatic rings.